The van der Waals surface area contributed by atoms with E-state index in [-0.39, 0.29) is 0 Å². The van der Waals surface area contributed by atoms with Crippen molar-refractivity contribution >= 4 is 28.3 Å². The summed E-state index contributed by atoms with van der Waals surface area (Å²) >= 11 is 5.91. The van der Waals surface area contributed by atoms with Crippen molar-refractivity contribution in [1.82, 2.24) is 14.6 Å². The van der Waals surface area contributed by atoms with Gasteiger partial charge in [0.1, 0.15) is 0 Å². The summed E-state index contributed by atoms with van der Waals surface area (Å²) in [6, 6.07) is 17.9. The molecule has 3 nitrogen and oxygen atoms in total. The summed E-state index contributed by atoms with van der Waals surface area (Å²) in [5.41, 5.74) is 5.13. The Morgan fingerprint density at radius 1 is 1.00 bits per heavy atom. The third-order valence-electron chi connectivity index (χ3n) is 3.25. The molecule has 0 aliphatic heterocycles. The summed E-state index contributed by atoms with van der Waals surface area (Å²) in [6.07, 6.45) is 0. The number of nitrogens with one attached hydrogen (secondary N) is 1. The predicted octanol–water partition coefficient (Wildman–Crippen LogP) is 4.14. The van der Waals surface area contributed by atoms with Gasteiger partial charge in [0.15, 0.2) is 5.65 Å². The molecule has 0 spiro atoms. The Morgan fingerprint density at radius 3 is 2.63 bits per heavy atom. The van der Waals surface area contributed by atoms with Crippen molar-refractivity contribution in [3.63, 3.8) is 0 Å². The van der Waals surface area contributed by atoms with E-state index in [1.54, 1.807) is 0 Å². The molecule has 2 heterocycles. The molecule has 4 aromatic rings. The molecule has 0 saturated heterocycles. The molecule has 0 unspecified atom stereocenters. The summed E-state index contributed by atoms with van der Waals surface area (Å²) in [5.74, 6) is 0. The highest BCUT2D eigenvalue weighted by Crippen LogP contribution is 2.24. The van der Waals surface area contributed by atoms with Crippen molar-refractivity contribution in [1.29, 1.82) is 0 Å². The molecule has 0 fully saturated rings. The second-order valence-corrected chi connectivity index (χ2v) is 4.91. The van der Waals surface area contributed by atoms with Gasteiger partial charge in [0.2, 0.25) is 0 Å². The molecule has 2 aromatic carbocycles. The van der Waals surface area contributed by atoms with Crippen molar-refractivity contribution in [2.24, 2.45) is 0 Å². The highest BCUT2D eigenvalue weighted by molar-refractivity contribution is 6.30. The number of aromatic amines is 1. The van der Waals surface area contributed by atoms with Crippen LogP contribution in [0.5, 0.6) is 0 Å². The molecule has 0 amide bonds. The number of H-pyrrole nitrogens is 1. The first-order valence-corrected chi connectivity index (χ1v) is 6.41. The zero-order valence-corrected chi connectivity index (χ0v) is 10.7. The zero-order valence-electron chi connectivity index (χ0n) is 9.97. The molecule has 0 bridgehead atoms. The average molecular weight is 268 g/mol. The number of nitrogens with zero attached hydrogens (tertiary/aromatic N) is 2. The lowest BCUT2D eigenvalue weighted by molar-refractivity contribution is 1.01. The molecule has 0 atom stereocenters. The average Bonchev–Trinajstić information content (AvgIpc) is 2.97. The molecule has 2 aromatic heterocycles. The van der Waals surface area contributed by atoms with E-state index in [0.29, 0.717) is 0 Å². The number of aromatic nitrogens is 3. The van der Waals surface area contributed by atoms with Gasteiger partial charge in [0, 0.05) is 11.1 Å². The van der Waals surface area contributed by atoms with E-state index in [2.05, 4.69) is 16.1 Å². The maximum atomic E-state index is 5.91. The van der Waals surface area contributed by atoms with Crippen LogP contribution >= 0.6 is 11.6 Å². The molecule has 4 heteroatoms. The number of fused-ring (bicyclic) bond motifs is 3. The fraction of sp³-hybridized carbons (Fsp3) is 0. The normalized spacial score (nSPS) is 11.4. The van der Waals surface area contributed by atoms with Gasteiger partial charge in [-0.15, -0.1) is 0 Å². The predicted molar refractivity (Wildman–Crippen MR) is 77.5 cm³/mol. The number of rotatable bonds is 1. The quantitative estimate of drug-likeness (QED) is 0.552. The third-order valence-corrected chi connectivity index (χ3v) is 3.50. The van der Waals surface area contributed by atoms with Crippen LogP contribution in [0.2, 0.25) is 5.02 Å². The van der Waals surface area contributed by atoms with Crippen molar-refractivity contribution in [3.05, 3.63) is 59.6 Å². The monoisotopic (exact) mass is 267 g/mol. The van der Waals surface area contributed by atoms with Crippen molar-refractivity contribution in [2.45, 2.75) is 0 Å². The van der Waals surface area contributed by atoms with E-state index in [9.17, 15) is 0 Å². The summed E-state index contributed by atoms with van der Waals surface area (Å²) in [5, 5.41) is 4.11. The van der Waals surface area contributed by atoms with Crippen molar-refractivity contribution in [2.75, 3.05) is 0 Å². The summed E-state index contributed by atoms with van der Waals surface area (Å²) in [7, 11) is 0. The van der Waals surface area contributed by atoms with E-state index in [0.717, 1.165) is 33.0 Å². The van der Waals surface area contributed by atoms with E-state index in [1.165, 1.54) is 0 Å². The van der Waals surface area contributed by atoms with Crippen LogP contribution in [0.4, 0.5) is 0 Å². The fourth-order valence-corrected chi connectivity index (χ4v) is 2.44. The highest BCUT2D eigenvalue weighted by atomic mass is 35.5. The third kappa shape index (κ3) is 1.63. The number of hydrogen-bond acceptors (Lipinski definition) is 1. The molecule has 4 rings (SSSR count). The van der Waals surface area contributed by atoms with E-state index >= 15 is 0 Å². The van der Waals surface area contributed by atoms with E-state index in [4.69, 9.17) is 11.6 Å². The minimum atomic E-state index is 0.741. The number of para-hydroxylation sites is 2. The SMILES string of the molecule is Clc1ccc(-c2cc3nc4ccccc4n3[nH]2)cc1. The Hall–Kier alpha value is -2.26. The number of imidazole rings is 1. The van der Waals surface area contributed by atoms with Gasteiger partial charge in [-0.2, -0.15) is 0 Å². The largest absolute Gasteiger partial charge is 0.292 e. The van der Waals surface area contributed by atoms with Gasteiger partial charge in [-0.05, 0) is 29.8 Å². The lowest BCUT2D eigenvalue weighted by Crippen LogP contribution is -1.84. The first kappa shape index (κ1) is 10.6. The van der Waals surface area contributed by atoms with Gasteiger partial charge in [0.05, 0.1) is 16.7 Å². The van der Waals surface area contributed by atoms with Gasteiger partial charge in [0.25, 0.3) is 0 Å². The Bertz CT molecular complexity index is 871. The lowest BCUT2D eigenvalue weighted by atomic mass is 10.2. The van der Waals surface area contributed by atoms with Crippen LogP contribution in [0.15, 0.2) is 54.6 Å². The van der Waals surface area contributed by atoms with E-state index < -0.39 is 0 Å². The second-order valence-electron chi connectivity index (χ2n) is 4.47. The van der Waals surface area contributed by atoms with Crippen LogP contribution in [0.3, 0.4) is 0 Å². The number of halogens is 1. The molecule has 1 N–H and O–H groups in total. The van der Waals surface area contributed by atoms with Crippen LogP contribution in [-0.2, 0) is 0 Å². The van der Waals surface area contributed by atoms with Gasteiger partial charge in [-0.3, -0.25) is 5.10 Å². The van der Waals surface area contributed by atoms with Crippen molar-refractivity contribution in [3.8, 4) is 11.3 Å². The number of benzene rings is 2. The Labute approximate surface area is 114 Å². The van der Waals surface area contributed by atoms with Crippen molar-refractivity contribution < 1.29 is 0 Å². The Morgan fingerprint density at radius 2 is 1.79 bits per heavy atom. The van der Waals surface area contributed by atoms with Crippen LogP contribution in [0.1, 0.15) is 0 Å². The van der Waals surface area contributed by atoms with Gasteiger partial charge in [-0.1, -0.05) is 35.9 Å². The maximum absolute atomic E-state index is 5.91. The maximum Gasteiger partial charge on any atom is 0.154 e. The van der Waals surface area contributed by atoms with E-state index in [1.807, 2.05) is 53.0 Å². The topological polar surface area (TPSA) is 33.1 Å². The lowest BCUT2D eigenvalue weighted by Gasteiger charge is -1.97. The minimum absolute atomic E-state index is 0.741. The van der Waals surface area contributed by atoms with Gasteiger partial charge < -0.3 is 0 Å². The zero-order chi connectivity index (χ0) is 12.8. The molecule has 0 aliphatic carbocycles. The van der Waals surface area contributed by atoms with Crippen LogP contribution in [0.25, 0.3) is 27.9 Å². The summed E-state index contributed by atoms with van der Waals surface area (Å²) < 4.78 is 2.00. The first-order valence-electron chi connectivity index (χ1n) is 6.03. The smallest absolute Gasteiger partial charge is 0.154 e. The number of hydrogen-bond donors (Lipinski definition) is 1. The highest BCUT2D eigenvalue weighted by Gasteiger charge is 2.08. The molecule has 19 heavy (non-hydrogen) atoms. The van der Waals surface area contributed by atoms with Crippen LogP contribution in [0, 0.1) is 0 Å². The summed E-state index contributed by atoms with van der Waals surface area (Å²) in [4.78, 5) is 4.58. The first-order chi connectivity index (χ1) is 9.31. The van der Waals surface area contributed by atoms with Gasteiger partial charge in [-0.25, -0.2) is 9.50 Å². The molecular weight excluding hydrogens is 258 g/mol. The van der Waals surface area contributed by atoms with Gasteiger partial charge >= 0.3 is 0 Å². The minimum Gasteiger partial charge on any atom is -0.292 e. The van der Waals surface area contributed by atoms with Crippen LogP contribution < -0.4 is 0 Å². The Kier molecular flexibility index (Phi) is 2.17. The fourth-order valence-electron chi connectivity index (χ4n) is 2.32. The molecule has 0 aliphatic rings. The Balaban J connectivity index is 1.94. The molecule has 92 valence electrons. The van der Waals surface area contributed by atoms with Crippen LogP contribution in [-0.4, -0.2) is 14.6 Å². The molecule has 0 radical (unpaired) electrons. The molecular formula is C15H10ClN3. The second kappa shape index (κ2) is 3.87. The summed E-state index contributed by atoms with van der Waals surface area (Å²) in [6.45, 7) is 0. The molecule has 0 saturated carbocycles. The standard InChI is InChI=1S/C15H10ClN3/c16-11-7-5-10(6-8-11)13-9-15-17-12-3-1-2-4-14(12)19(15)18-13/h1-9,18H.